The number of carbonyl (C=O) groups excluding carboxylic acids is 1. The Morgan fingerprint density at radius 3 is 1.50 bits per heavy atom. The number of aromatic nitrogens is 2. The van der Waals surface area contributed by atoms with E-state index in [2.05, 4.69) is 9.97 Å². The van der Waals surface area contributed by atoms with E-state index in [1.165, 1.54) is 0 Å². The summed E-state index contributed by atoms with van der Waals surface area (Å²) >= 11 is 0. The van der Waals surface area contributed by atoms with Crippen LogP contribution >= 0.6 is 0 Å². The van der Waals surface area contributed by atoms with Gasteiger partial charge in [0.05, 0.1) is 11.4 Å². The minimum atomic E-state index is 0.0381. The van der Waals surface area contributed by atoms with Gasteiger partial charge >= 0.3 is 0 Å². The lowest BCUT2D eigenvalue weighted by molar-refractivity contribution is 0.102. The van der Waals surface area contributed by atoms with Crippen molar-refractivity contribution in [3.63, 3.8) is 0 Å². The second kappa shape index (κ2) is 3.67. The zero-order valence-electron chi connectivity index (χ0n) is 10.1. The lowest BCUT2D eigenvalue weighted by Crippen LogP contribution is -2.05. The largest absolute Gasteiger partial charge is 0.356 e. The molecule has 2 heterocycles. The van der Waals surface area contributed by atoms with Gasteiger partial charge in [-0.15, -0.1) is 0 Å². The van der Waals surface area contributed by atoms with Crippen molar-refractivity contribution in [1.82, 2.24) is 9.97 Å². The normalized spacial score (nSPS) is 10.8. The number of hydrogen-bond donors (Lipinski definition) is 2. The molecule has 0 aromatic carbocycles. The first kappa shape index (κ1) is 10.7. The van der Waals surface area contributed by atoms with Gasteiger partial charge in [0.1, 0.15) is 0 Å². The van der Waals surface area contributed by atoms with Gasteiger partial charge in [0.2, 0.25) is 5.78 Å². The summed E-state index contributed by atoms with van der Waals surface area (Å²) in [5.41, 5.74) is 5.39. The summed E-state index contributed by atoms with van der Waals surface area (Å²) in [6, 6.07) is 3.97. The first-order valence-electron chi connectivity index (χ1n) is 5.36. The van der Waals surface area contributed by atoms with Crippen LogP contribution in [0.2, 0.25) is 0 Å². The highest BCUT2D eigenvalue weighted by atomic mass is 16.1. The fraction of sp³-hybridized carbons (Fsp3) is 0.308. The van der Waals surface area contributed by atoms with Crippen LogP contribution in [-0.4, -0.2) is 15.8 Å². The van der Waals surface area contributed by atoms with E-state index in [-0.39, 0.29) is 5.78 Å². The van der Waals surface area contributed by atoms with E-state index in [1.54, 1.807) is 0 Å². The molecule has 2 aromatic rings. The van der Waals surface area contributed by atoms with Crippen molar-refractivity contribution in [1.29, 1.82) is 0 Å². The number of hydrogen-bond acceptors (Lipinski definition) is 1. The maximum atomic E-state index is 12.3. The Morgan fingerprint density at radius 1 is 0.875 bits per heavy atom. The SMILES string of the molecule is Cc1cc(C)c(C(=O)c2[nH]c(C)cc2C)[nH]1. The van der Waals surface area contributed by atoms with Gasteiger partial charge in [-0.25, -0.2) is 0 Å². The molecule has 84 valence electrons. The van der Waals surface area contributed by atoms with Gasteiger partial charge in [0, 0.05) is 11.4 Å². The highest BCUT2D eigenvalue weighted by Gasteiger charge is 2.17. The zero-order valence-corrected chi connectivity index (χ0v) is 10.1. The molecule has 2 rings (SSSR count). The lowest BCUT2D eigenvalue weighted by atomic mass is 10.1. The predicted octanol–water partition coefficient (Wildman–Crippen LogP) is 2.81. The molecule has 2 N–H and O–H groups in total. The van der Waals surface area contributed by atoms with Crippen LogP contribution in [0.25, 0.3) is 0 Å². The fourth-order valence-electron chi connectivity index (χ4n) is 2.05. The molecule has 0 bridgehead atoms. The maximum Gasteiger partial charge on any atom is 0.225 e. The van der Waals surface area contributed by atoms with Crippen molar-refractivity contribution in [2.45, 2.75) is 27.7 Å². The molecule has 0 atom stereocenters. The van der Waals surface area contributed by atoms with E-state index in [9.17, 15) is 4.79 Å². The van der Waals surface area contributed by atoms with Crippen molar-refractivity contribution in [2.24, 2.45) is 0 Å². The van der Waals surface area contributed by atoms with E-state index < -0.39 is 0 Å². The second-order valence-corrected chi connectivity index (χ2v) is 4.35. The highest BCUT2D eigenvalue weighted by Crippen LogP contribution is 2.17. The van der Waals surface area contributed by atoms with E-state index in [0.717, 1.165) is 22.5 Å². The minimum Gasteiger partial charge on any atom is -0.356 e. The Kier molecular flexibility index (Phi) is 2.46. The molecule has 0 radical (unpaired) electrons. The molecular weight excluding hydrogens is 200 g/mol. The molecule has 0 saturated heterocycles. The summed E-state index contributed by atoms with van der Waals surface area (Å²) in [5.74, 6) is 0.0381. The quantitative estimate of drug-likeness (QED) is 0.745. The molecule has 0 saturated carbocycles. The molecule has 0 unspecified atom stereocenters. The third-order valence-corrected chi connectivity index (χ3v) is 2.75. The van der Waals surface area contributed by atoms with Gasteiger partial charge in [-0.1, -0.05) is 0 Å². The number of carbonyl (C=O) groups is 1. The van der Waals surface area contributed by atoms with Crippen LogP contribution in [0.5, 0.6) is 0 Å². The number of aryl methyl sites for hydroxylation is 4. The van der Waals surface area contributed by atoms with Crippen LogP contribution in [-0.2, 0) is 0 Å². The van der Waals surface area contributed by atoms with Crippen molar-refractivity contribution in [2.75, 3.05) is 0 Å². The zero-order chi connectivity index (χ0) is 11.9. The Bertz CT molecular complexity index is 498. The number of rotatable bonds is 2. The molecular formula is C13H16N2O. The van der Waals surface area contributed by atoms with Crippen LogP contribution in [0.3, 0.4) is 0 Å². The van der Waals surface area contributed by atoms with Gasteiger partial charge in [0.25, 0.3) is 0 Å². The average molecular weight is 216 g/mol. The molecule has 2 aromatic heterocycles. The number of H-pyrrole nitrogens is 2. The lowest BCUT2D eigenvalue weighted by Gasteiger charge is -1.99. The Morgan fingerprint density at radius 2 is 1.25 bits per heavy atom. The molecule has 0 aliphatic heterocycles. The van der Waals surface area contributed by atoms with Gasteiger partial charge in [0.15, 0.2) is 0 Å². The highest BCUT2D eigenvalue weighted by molar-refractivity contribution is 6.08. The van der Waals surface area contributed by atoms with Gasteiger partial charge in [-0.2, -0.15) is 0 Å². The monoisotopic (exact) mass is 216 g/mol. The minimum absolute atomic E-state index is 0.0381. The molecule has 16 heavy (non-hydrogen) atoms. The Labute approximate surface area is 94.9 Å². The Balaban J connectivity index is 2.46. The molecule has 0 amide bonds. The van der Waals surface area contributed by atoms with Crippen LogP contribution in [0.4, 0.5) is 0 Å². The Hall–Kier alpha value is -1.77. The molecule has 3 nitrogen and oxygen atoms in total. The smallest absolute Gasteiger partial charge is 0.225 e. The molecule has 0 fully saturated rings. The molecule has 0 aliphatic carbocycles. The fourth-order valence-corrected chi connectivity index (χ4v) is 2.05. The number of ketones is 1. The topological polar surface area (TPSA) is 48.6 Å². The molecule has 0 spiro atoms. The van der Waals surface area contributed by atoms with Crippen LogP contribution in [0.1, 0.15) is 38.7 Å². The maximum absolute atomic E-state index is 12.3. The summed E-state index contributed by atoms with van der Waals surface area (Å²) in [4.78, 5) is 18.5. The van der Waals surface area contributed by atoms with Gasteiger partial charge in [-0.3, -0.25) is 4.79 Å². The summed E-state index contributed by atoms with van der Waals surface area (Å²) in [5, 5.41) is 0. The van der Waals surface area contributed by atoms with Gasteiger partial charge in [-0.05, 0) is 51.0 Å². The van der Waals surface area contributed by atoms with Crippen LogP contribution in [0, 0.1) is 27.7 Å². The van der Waals surface area contributed by atoms with E-state index in [4.69, 9.17) is 0 Å². The van der Waals surface area contributed by atoms with Crippen molar-refractivity contribution < 1.29 is 4.79 Å². The van der Waals surface area contributed by atoms with Crippen molar-refractivity contribution in [3.8, 4) is 0 Å². The second-order valence-electron chi connectivity index (χ2n) is 4.35. The number of nitrogens with one attached hydrogen (secondary N) is 2. The molecule has 3 heteroatoms. The first-order valence-corrected chi connectivity index (χ1v) is 5.36. The average Bonchev–Trinajstić information content (AvgIpc) is 2.68. The van der Waals surface area contributed by atoms with E-state index in [0.29, 0.717) is 11.4 Å². The van der Waals surface area contributed by atoms with Gasteiger partial charge < -0.3 is 9.97 Å². The third kappa shape index (κ3) is 1.69. The molecule has 0 aliphatic rings. The summed E-state index contributed by atoms with van der Waals surface area (Å²) in [6.07, 6.45) is 0. The summed E-state index contributed by atoms with van der Waals surface area (Å²) in [7, 11) is 0. The van der Waals surface area contributed by atoms with Crippen LogP contribution in [0.15, 0.2) is 12.1 Å². The summed E-state index contributed by atoms with van der Waals surface area (Å²) < 4.78 is 0. The predicted molar refractivity (Wildman–Crippen MR) is 64.0 cm³/mol. The first-order chi connectivity index (χ1) is 7.49. The third-order valence-electron chi connectivity index (χ3n) is 2.75. The standard InChI is InChI=1S/C13H16N2O/c1-7-5-9(3)14-11(7)13(16)12-8(2)6-10(4)15-12/h5-6,14-15H,1-4H3. The summed E-state index contributed by atoms with van der Waals surface area (Å²) in [6.45, 7) is 7.80. The van der Waals surface area contributed by atoms with E-state index in [1.807, 2.05) is 39.8 Å². The van der Waals surface area contributed by atoms with E-state index >= 15 is 0 Å². The van der Waals surface area contributed by atoms with Crippen molar-refractivity contribution >= 4 is 5.78 Å². The van der Waals surface area contributed by atoms with Crippen LogP contribution < -0.4 is 0 Å². The number of aromatic amines is 2. The van der Waals surface area contributed by atoms with Crippen molar-refractivity contribution in [3.05, 3.63) is 46.0 Å².